The molecule has 26 heavy (non-hydrogen) atoms. The van der Waals surface area contributed by atoms with Crippen LogP contribution < -0.4 is 4.90 Å². The van der Waals surface area contributed by atoms with Crippen molar-refractivity contribution in [2.75, 3.05) is 11.4 Å². The number of aromatic nitrogens is 1. The van der Waals surface area contributed by atoms with Gasteiger partial charge in [0, 0.05) is 28.1 Å². The molecule has 2 heterocycles. The summed E-state index contributed by atoms with van der Waals surface area (Å²) in [6.07, 6.45) is 6.97. The maximum Gasteiger partial charge on any atom is 0.0702 e. The molecule has 0 radical (unpaired) electrons. The molecule has 1 aliphatic heterocycles. The van der Waals surface area contributed by atoms with Crippen LogP contribution in [-0.2, 0) is 0 Å². The molecular formula is C23H24N2S. The van der Waals surface area contributed by atoms with Crippen LogP contribution in [-0.4, -0.2) is 11.5 Å². The smallest absolute Gasteiger partial charge is 0.0702 e. The van der Waals surface area contributed by atoms with Crippen molar-refractivity contribution in [2.24, 2.45) is 0 Å². The summed E-state index contributed by atoms with van der Waals surface area (Å²) in [6, 6.07) is 21.6. The molecule has 3 aromatic rings. The predicted octanol–water partition coefficient (Wildman–Crippen LogP) is 6.93. The Morgan fingerprint density at radius 2 is 1.69 bits per heavy atom. The van der Waals surface area contributed by atoms with Gasteiger partial charge in [-0.25, -0.2) is 0 Å². The van der Waals surface area contributed by atoms with Gasteiger partial charge in [-0.05, 0) is 42.8 Å². The summed E-state index contributed by atoms with van der Waals surface area (Å²) in [5, 5.41) is 0. The fourth-order valence-corrected chi connectivity index (χ4v) is 4.60. The molecule has 132 valence electrons. The van der Waals surface area contributed by atoms with Crippen LogP contribution in [0.1, 0.15) is 32.6 Å². The number of pyridine rings is 1. The standard InChI is InChI=1S/C23H24N2S/c1-2-3-4-9-16-25-20-11-5-6-12-22(20)26-23-17-18(13-14-21(23)25)19-10-7-8-15-24-19/h5-8,10-15,17H,2-4,9,16H2,1H3. The zero-order valence-corrected chi connectivity index (χ0v) is 16.0. The first-order valence-corrected chi connectivity index (χ1v) is 10.3. The van der Waals surface area contributed by atoms with Crippen LogP contribution in [0, 0.1) is 0 Å². The number of unbranched alkanes of at least 4 members (excludes halogenated alkanes) is 3. The SMILES string of the molecule is CCCCCCN1c2ccccc2Sc2cc(-c3ccccn3)ccc21. The normalized spacial score (nSPS) is 12.6. The van der Waals surface area contributed by atoms with Crippen LogP contribution in [0.15, 0.2) is 76.7 Å². The number of hydrogen-bond acceptors (Lipinski definition) is 3. The van der Waals surface area contributed by atoms with Gasteiger partial charge in [0.1, 0.15) is 0 Å². The maximum atomic E-state index is 4.51. The molecule has 0 amide bonds. The van der Waals surface area contributed by atoms with Gasteiger partial charge in [0.05, 0.1) is 17.1 Å². The van der Waals surface area contributed by atoms with Crippen molar-refractivity contribution in [1.82, 2.24) is 4.98 Å². The highest BCUT2D eigenvalue weighted by Crippen LogP contribution is 2.49. The molecule has 1 aliphatic rings. The summed E-state index contributed by atoms with van der Waals surface area (Å²) in [4.78, 5) is 9.67. The Balaban J connectivity index is 1.68. The third kappa shape index (κ3) is 3.49. The molecule has 0 bridgehead atoms. The van der Waals surface area contributed by atoms with Crippen LogP contribution in [0.4, 0.5) is 11.4 Å². The molecule has 0 aliphatic carbocycles. The molecule has 0 saturated heterocycles. The topological polar surface area (TPSA) is 16.1 Å². The van der Waals surface area contributed by atoms with E-state index < -0.39 is 0 Å². The van der Waals surface area contributed by atoms with Crippen molar-refractivity contribution in [2.45, 2.75) is 42.4 Å². The van der Waals surface area contributed by atoms with Crippen molar-refractivity contribution in [1.29, 1.82) is 0 Å². The van der Waals surface area contributed by atoms with Crippen molar-refractivity contribution < 1.29 is 0 Å². The van der Waals surface area contributed by atoms with Crippen LogP contribution in [0.25, 0.3) is 11.3 Å². The molecule has 2 nitrogen and oxygen atoms in total. The van der Waals surface area contributed by atoms with E-state index in [9.17, 15) is 0 Å². The Morgan fingerprint density at radius 1 is 0.846 bits per heavy atom. The molecule has 0 fully saturated rings. The van der Waals surface area contributed by atoms with Gasteiger partial charge in [-0.3, -0.25) is 4.98 Å². The minimum atomic E-state index is 1.03. The second-order valence-corrected chi connectivity index (χ2v) is 7.76. The lowest BCUT2D eigenvalue weighted by Gasteiger charge is -2.33. The summed E-state index contributed by atoms with van der Waals surface area (Å²) < 4.78 is 0. The minimum Gasteiger partial charge on any atom is -0.340 e. The zero-order valence-electron chi connectivity index (χ0n) is 15.2. The molecule has 0 saturated carbocycles. The quantitative estimate of drug-likeness (QED) is 0.443. The van der Waals surface area contributed by atoms with Gasteiger partial charge < -0.3 is 4.90 Å². The van der Waals surface area contributed by atoms with Crippen molar-refractivity contribution >= 4 is 23.1 Å². The Morgan fingerprint density at radius 3 is 2.54 bits per heavy atom. The molecule has 0 unspecified atom stereocenters. The number of nitrogens with zero attached hydrogens (tertiary/aromatic N) is 2. The van der Waals surface area contributed by atoms with Crippen LogP contribution in [0.5, 0.6) is 0 Å². The van der Waals surface area contributed by atoms with Crippen LogP contribution in [0.3, 0.4) is 0 Å². The first-order chi connectivity index (χ1) is 12.9. The van der Waals surface area contributed by atoms with Crippen molar-refractivity contribution in [3.63, 3.8) is 0 Å². The Hall–Kier alpha value is -2.26. The number of benzene rings is 2. The molecule has 4 rings (SSSR count). The van der Waals surface area contributed by atoms with Crippen LogP contribution in [0.2, 0.25) is 0 Å². The monoisotopic (exact) mass is 360 g/mol. The van der Waals surface area contributed by atoms with E-state index >= 15 is 0 Å². The van der Waals surface area contributed by atoms with Gasteiger partial charge in [0.2, 0.25) is 0 Å². The predicted molar refractivity (Wildman–Crippen MR) is 111 cm³/mol. The minimum absolute atomic E-state index is 1.03. The lowest BCUT2D eigenvalue weighted by Crippen LogP contribution is -2.22. The summed E-state index contributed by atoms with van der Waals surface area (Å²) in [5.41, 5.74) is 4.88. The fourth-order valence-electron chi connectivity index (χ4n) is 3.46. The van der Waals surface area contributed by atoms with E-state index in [4.69, 9.17) is 0 Å². The Labute approximate surface area is 160 Å². The number of rotatable bonds is 6. The van der Waals surface area contributed by atoms with Crippen molar-refractivity contribution in [3.05, 3.63) is 66.9 Å². The van der Waals surface area contributed by atoms with E-state index in [1.54, 1.807) is 0 Å². The highest BCUT2D eigenvalue weighted by atomic mass is 32.2. The van der Waals surface area contributed by atoms with E-state index in [1.807, 2.05) is 30.1 Å². The van der Waals surface area contributed by atoms with Crippen molar-refractivity contribution in [3.8, 4) is 11.3 Å². The average Bonchev–Trinajstić information content (AvgIpc) is 2.70. The van der Waals surface area contributed by atoms with E-state index in [-0.39, 0.29) is 0 Å². The summed E-state index contributed by atoms with van der Waals surface area (Å²) in [7, 11) is 0. The van der Waals surface area contributed by atoms with Gasteiger partial charge in [-0.1, -0.05) is 62.2 Å². The van der Waals surface area contributed by atoms with Gasteiger partial charge in [0.15, 0.2) is 0 Å². The van der Waals surface area contributed by atoms with Gasteiger partial charge in [0.25, 0.3) is 0 Å². The molecule has 0 N–H and O–H groups in total. The number of hydrogen-bond donors (Lipinski definition) is 0. The number of para-hydroxylation sites is 1. The largest absolute Gasteiger partial charge is 0.340 e. The summed E-state index contributed by atoms with van der Waals surface area (Å²) in [6.45, 7) is 3.34. The van der Waals surface area contributed by atoms with E-state index in [0.29, 0.717) is 0 Å². The lowest BCUT2D eigenvalue weighted by molar-refractivity contribution is 0.666. The fraction of sp³-hybridized carbons (Fsp3) is 0.261. The third-order valence-electron chi connectivity index (χ3n) is 4.82. The van der Waals surface area contributed by atoms with Crippen LogP contribution >= 0.6 is 11.8 Å². The lowest BCUT2D eigenvalue weighted by atomic mass is 10.1. The second-order valence-electron chi connectivity index (χ2n) is 6.68. The van der Waals surface area contributed by atoms with E-state index in [2.05, 4.69) is 65.3 Å². The summed E-state index contributed by atoms with van der Waals surface area (Å²) >= 11 is 1.87. The molecule has 1 aromatic heterocycles. The summed E-state index contributed by atoms with van der Waals surface area (Å²) in [5.74, 6) is 0. The third-order valence-corrected chi connectivity index (χ3v) is 5.93. The Bertz CT molecular complexity index is 876. The van der Waals surface area contributed by atoms with E-state index in [1.165, 1.54) is 52.4 Å². The second kappa shape index (κ2) is 7.96. The van der Waals surface area contributed by atoms with E-state index in [0.717, 1.165) is 12.2 Å². The van der Waals surface area contributed by atoms with Gasteiger partial charge in [-0.15, -0.1) is 0 Å². The highest BCUT2D eigenvalue weighted by Gasteiger charge is 2.23. The molecule has 2 aromatic carbocycles. The molecule has 0 atom stereocenters. The number of fused-ring (bicyclic) bond motifs is 2. The highest BCUT2D eigenvalue weighted by molar-refractivity contribution is 7.99. The zero-order chi connectivity index (χ0) is 17.8. The number of anilines is 2. The average molecular weight is 361 g/mol. The Kier molecular flexibility index (Phi) is 5.26. The molecule has 0 spiro atoms. The molecule has 3 heteroatoms. The van der Waals surface area contributed by atoms with Gasteiger partial charge >= 0.3 is 0 Å². The van der Waals surface area contributed by atoms with Gasteiger partial charge in [-0.2, -0.15) is 0 Å². The first kappa shape index (κ1) is 17.2. The first-order valence-electron chi connectivity index (χ1n) is 9.46. The maximum absolute atomic E-state index is 4.51. The molecular weight excluding hydrogens is 336 g/mol.